The Morgan fingerprint density at radius 2 is 1.79 bits per heavy atom. The predicted octanol–water partition coefficient (Wildman–Crippen LogP) is 3.52. The normalized spacial score (nSPS) is 17.1. The van der Waals surface area contributed by atoms with E-state index in [1.165, 1.54) is 0 Å². The molecule has 2 heterocycles. The molecule has 0 aliphatic carbocycles. The fourth-order valence-electron chi connectivity index (χ4n) is 4.98. The first-order valence-electron chi connectivity index (χ1n) is 11.7. The van der Waals surface area contributed by atoms with Crippen LogP contribution in [0.2, 0.25) is 0 Å². The number of benzene rings is 2. The second-order valence-corrected chi connectivity index (χ2v) is 8.53. The molecule has 0 N–H and O–H groups in total. The van der Waals surface area contributed by atoms with Gasteiger partial charge in [-0.15, -0.1) is 0 Å². The van der Waals surface area contributed by atoms with Crippen LogP contribution >= 0.6 is 0 Å². The zero-order valence-corrected chi connectivity index (χ0v) is 19.8. The maximum absolute atomic E-state index is 13.5. The summed E-state index contributed by atoms with van der Waals surface area (Å²) in [5.41, 5.74) is 3.94. The molecule has 0 bridgehead atoms. The molecule has 33 heavy (non-hydrogen) atoms. The molecule has 0 radical (unpaired) electrons. The molecule has 4 rings (SSSR count). The number of hydrogen-bond acceptors (Lipinski definition) is 6. The van der Waals surface area contributed by atoms with Gasteiger partial charge >= 0.3 is 0 Å². The van der Waals surface area contributed by atoms with Crippen LogP contribution in [-0.4, -0.2) is 68.9 Å². The van der Waals surface area contributed by atoms with Crippen molar-refractivity contribution in [3.05, 3.63) is 53.1 Å². The Bertz CT molecular complexity index is 1000. The number of methoxy groups -OCH3 is 2. The van der Waals surface area contributed by atoms with Crippen LogP contribution in [0.3, 0.4) is 0 Å². The lowest BCUT2D eigenvalue weighted by atomic mass is 10.00. The Labute approximate surface area is 195 Å². The monoisotopic (exact) mass is 451 g/mol. The van der Waals surface area contributed by atoms with Crippen LogP contribution in [-0.2, 0) is 11.3 Å². The highest BCUT2D eigenvalue weighted by Crippen LogP contribution is 2.40. The Hall–Kier alpha value is -3.06. The van der Waals surface area contributed by atoms with Gasteiger partial charge in [0.15, 0.2) is 11.5 Å². The number of hydrogen-bond donors (Lipinski definition) is 0. The molecule has 2 aliphatic rings. The number of fused-ring (bicyclic) bond motifs is 1. The van der Waals surface area contributed by atoms with Gasteiger partial charge in [-0.2, -0.15) is 0 Å². The summed E-state index contributed by atoms with van der Waals surface area (Å²) >= 11 is 0. The summed E-state index contributed by atoms with van der Waals surface area (Å²) in [6.07, 6.45) is 1.86. The number of aldehydes is 1. The summed E-state index contributed by atoms with van der Waals surface area (Å²) in [5.74, 6) is 1.27. The van der Waals surface area contributed by atoms with Crippen LogP contribution in [0, 0.1) is 0 Å². The van der Waals surface area contributed by atoms with Gasteiger partial charge in [0.05, 0.1) is 20.3 Å². The molecular weight excluding hydrogens is 418 g/mol. The summed E-state index contributed by atoms with van der Waals surface area (Å²) in [7, 11) is 3.20. The quantitative estimate of drug-likeness (QED) is 0.544. The van der Waals surface area contributed by atoms with Crippen molar-refractivity contribution in [2.45, 2.75) is 32.4 Å². The van der Waals surface area contributed by atoms with Gasteiger partial charge in [0.1, 0.15) is 6.29 Å². The summed E-state index contributed by atoms with van der Waals surface area (Å²) in [5, 5.41) is 0. The van der Waals surface area contributed by atoms with E-state index >= 15 is 0 Å². The van der Waals surface area contributed by atoms with E-state index in [0.29, 0.717) is 30.9 Å². The first kappa shape index (κ1) is 23.1. The number of amides is 1. The summed E-state index contributed by atoms with van der Waals surface area (Å²) < 4.78 is 10.9. The third kappa shape index (κ3) is 4.55. The fourth-order valence-corrected chi connectivity index (χ4v) is 4.98. The molecule has 7 nitrogen and oxygen atoms in total. The number of rotatable bonds is 9. The van der Waals surface area contributed by atoms with Gasteiger partial charge in [-0.25, -0.2) is 0 Å². The highest BCUT2D eigenvalue weighted by Gasteiger charge is 2.36. The molecule has 7 heteroatoms. The zero-order chi connectivity index (χ0) is 23.4. The van der Waals surface area contributed by atoms with E-state index in [2.05, 4.69) is 22.8 Å². The number of nitrogens with zero attached hydrogens (tertiary/aromatic N) is 3. The summed E-state index contributed by atoms with van der Waals surface area (Å²) in [6, 6.07) is 11.5. The van der Waals surface area contributed by atoms with Gasteiger partial charge in [0.2, 0.25) is 0 Å². The Morgan fingerprint density at radius 1 is 1.03 bits per heavy atom. The molecule has 1 saturated heterocycles. The van der Waals surface area contributed by atoms with Crippen molar-refractivity contribution in [2.75, 3.05) is 51.8 Å². The van der Waals surface area contributed by atoms with Crippen LogP contribution in [0.1, 0.15) is 47.3 Å². The second kappa shape index (κ2) is 10.3. The molecule has 0 saturated carbocycles. The van der Waals surface area contributed by atoms with Crippen LogP contribution in [0.25, 0.3) is 0 Å². The summed E-state index contributed by atoms with van der Waals surface area (Å²) in [6.45, 7) is 7.79. The number of carbonyl (C=O) groups excluding carboxylic acids is 2. The number of ether oxygens (including phenoxy) is 2. The van der Waals surface area contributed by atoms with Crippen molar-refractivity contribution in [3.63, 3.8) is 0 Å². The van der Waals surface area contributed by atoms with E-state index in [1.807, 2.05) is 35.2 Å². The number of carbonyl (C=O) groups is 2. The van der Waals surface area contributed by atoms with E-state index in [-0.39, 0.29) is 11.9 Å². The Balaban J connectivity index is 1.64. The molecule has 2 aliphatic heterocycles. The molecular formula is C26H33N3O4. The Morgan fingerprint density at radius 3 is 2.45 bits per heavy atom. The van der Waals surface area contributed by atoms with E-state index in [0.717, 1.165) is 61.4 Å². The molecule has 2 aromatic rings. The maximum Gasteiger partial charge on any atom is 0.255 e. The lowest BCUT2D eigenvalue weighted by molar-refractivity contribution is -0.108. The average molecular weight is 452 g/mol. The SMILES string of the molecule is CCN1CCN(c2cccc3c2CN(C(CCC=O)c2ccc(OC)c(OC)c2)C3=O)CC1. The average Bonchev–Trinajstić information content (AvgIpc) is 3.20. The highest BCUT2D eigenvalue weighted by atomic mass is 16.5. The van der Waals surface area contributed by atoms with Crippen molar-refractivity contribution in [1.29, 1.82) is 0 Å². The topological polar surface area (TPSA) is 62.3 Å². The lowest BCUT2D eigenvalue weighted by Gasteiger charge is -2.36. The van der Waals surface area contributed by atoms with Gasteiger partial charge < -0.3 is 29.0 Å². The van der Waals surface area contributed by atoms with Crippen molar-refractivity contribution in [3.8, 4) is 11.5 Å². The largest absolute Gasteiger partial charge is 0.493 e. The molecule has 0 spiro atoms. The fraction of sp³-hybridized carbons (Fsp3) is 0.462. The predicted molar refractivity (Wildman–Crippen MR) is 128 cm³/mol. The minimum absolute atomic E-state index is 0.0183. The van der Waals surface area contributed by atoms with Crippen LogP contribution in [0.5, 0.6) is 11.5 Å². The van der Waals surface area contributed by atoms with Crippen LogP contribution < -0.4 is 14.4 Å². The van der Waals surface area contributed by atoms with Crippen molar-refractivity contribution < 1.29 is 19.1 Å². The van der Waals surface area contributed by atoms with E-state index in [4.69, 9.17) is 9.47 Å². The first-order valence-corrected chi connectivity index (χ1v) is 11.7. The van der Waals surface area contributed by atoms with Crippen LogP contribution in [0.4, 0.5) is 5.69 Å². The number of piperazine rings is 1. The van der Waals surface area contributed by atoms with Crippen molar-refractivity contribution in [1.82, 2.24) is 9.80 Å². The van der Waals surface area contributed by atoms with Gasteiger partial charge in [-0.05, 0) is 42.8 Å². The standard InChI is InChI=1S/C26H33N3O4/c1-4-27-12-14-28(15-13-27)23-8-5-7-20-21(23)18-29(26(20)31)22(9-6-16-30)19-10-11-24(32-2)25(17-19)33-3/h5,7-8,10-11,16-17,22H,4,6,9,12-15,18H2,1-3H3. The molecule has 0 aromatic heterocycles. The zero-order valence-electron chi connectivity index (χ0n) is 19.8. The van der Waals surface area contributed by atoms with Crippen LogP contribution in [0.15, 0.2) is 36.4 Å². The molecule has 1 unspecified atom stereocenters. The second-order valence-electron chi connectivity index (χ2n) is 8.53. The molecule has 2 aromatic carbocycles. The summed E-state index contributed by atoms with van der Waals surface area (Å²) in [4.78, 5) is 31.5. The van der Waals surface area contributed by atoms with Crippen molar-refractivity contribution >= 4 is 17.9 Å². The third-order valence-electron chi connectivity index (χ3n) is 6.86. The lowest BCUT2D eigenvalue weighted by Crippen LogP contribution is -2.46. The van der Waals surface area contributed by atoms with E-state index in [9.17, 15) is 9.59 Å². The van der Waals surface area contributed by atoms with Gasteiger partial charge in [0, 0.05) is 56.0 Å². The molecule has 1 fully saturated rings. The smallest absolute Gasteiger partial charge is 0.255 e. The number of likely N-dealkylation sites (N-methyl/N-ethyl adjacent to an activating group) is 1. The molecule has 1 amide bonds. The first-order chi connectivity index (χ1) is 16.1. The van der Waals surface area contributed by atoms with Crippen molar-refractivity contribution in [2.24, 2.45) is 0 Å². The van der Waals surface area contributed by atoms with E-state index < -0.39 is 0 Å². The third-order valence-corrected chi connectivity index (χ3v) is 6.86. The minimum Gasteiger partial charge on any atom is -0.493 e. The maximum atomic E-state index is 13.5. The molecule has 1 atom stereocenters. The highest BCUT2D eigenvalue weighted by molar-refractivity contribution is 6.00. The molecule has 176 valence electrons. The minimum atomic E-state index is -0.223. The van der Waals surface area contributed by atoms with E-state index in [1.54, 1.807) is 14.2 Å². The van der Waals surface area contributed by atoms with Gasteiger partial charge in [-0.1, -0.05) is 19.1 Å². The van der Waals surface area contributed by atoms with Gasteiger partial charge in [0.25, 0.3) is 5.91 Å². The Kier molecular flexibility index (Phi) is 7.18. The van der Waals surface area contributed by atoms with Gasteiger partial charge in [-0.3, -0.25) is 4.79 Å². The number of anilines is 1.